The molecule has 2 heterocycles. The summed E-state index contributed by atoms with van der Waals surface area (Å²) in [6.07, 6.45) is 11.8. The van der Waals surface area contributed by atoms with Gasteiger partial charge in [0.25, 0.3) is 5.91 Å². The molecule has 1 amide bonds. The lowest BCUT2D eigenvalue weighted by Crippen LogP contribution is -2.38. The summed E-state index contributed by atoms with van der Waals surface area (Å²) in [6, 6.07) is 11.8. The molecule has 0 saturated heterocycles. The number of hydrogen-bond donors (Lipinski definition) is 0. The van der Waals surface area contributed by atoms with E-state index in [4.69, 9.17) is 16.3 Å². The van der Waals surface area contributed by atoms with Crippen molar-refractivity contribution in [1.82, 2.24) is 0 Å². The van der Waals surface area contributed by atoms with Crippen molar-refractivity contribution in [3.05, 3.63) is 70.3 Å². The lowest BCUT2D eigenvalue weighted by atomic mass is 9.71. The van der Waals surface area contributed by atoms with Gasteiger partial charge in [0.2, 0.25) is 0 Å². The first-order chi connectivity index (χ1) is 18.0. The number of halogens is 1. The quantitative estimate of drug-likeness (QED) is 0.259. The number of benzene rings is 2. The van der Waals surface area contributed by atoms with Crippen LogP contribution >= 0.6 is 11.6 Å². The smallest absolute Gasteiger partial charge is 0.254 e. The number of amides is 1. The van der Waals surface area contributed by atoms with E-state index in [2.05, 4.69) is 40.5 Å². The summed E-state index contributed by atoms with van der Waals surface area (Å²) in [4.78, 5) is 15.4. The van der Waals surface area contributed by atoms with Gasteiger partial charge in [0.15, 0.2) is 0 Å². The molecule has 2 aliphatic heterocycles. The highest BCUT2D eigenvalue weighted by molar-refractivity contribution is 7.75. The zero-order chi connectivity index (χ0) is 25.8. The highest BCUT2D eigenvalue weighted by Crippen LogP contribution is 2.41. The molecule has 2 aromatic rings. The van der Waals surface area contributed by atoms with Gasteiger partial charge in [0, 0.05) is 23.7 Å². The fraction of sp³-hybridized carbons (Fsp3) is 0.500. The van der Waals surface area contributed by atoms with Crippen LogP contribution in [0, 0.1) is 17.8 Å². The van der Waals surface area contributed by atoms with Crippen LogP contribution in [0.25, 0.3) is 0 Å². The van der Waals surface area contributed by atoms with Crippen LogP contribution in [0.4, 0.5) is 5.69 Å². The topological polar surface area (TPSA) is 59.0 Å². The van der Waals surface area contributed by atoms with Gasteiger partial charge < -0.3 is 18.2 Å². The first-order valence-electron chi connectivity index (χ1n) is 13.5. The van der Waals surface area contributed by atoms with E-state index in [0.717, 1.165) is 61.7 Å². The first kappa shape index (κ1) is 26.3. The predicted octanol–water partition coefficient (Wildman–Crippen LogP) is 7.36. The Morgan fingerprint density at radius 1 is 1.03 bits per heavy atom. The van der Waals surface area contributed by atoms with Crippen LogP contribution in [-0.4, -0.2) is 24.8 Å². The third-order valence-electron chi connectivity index (χ3n) is 7.96. The molecule has 1 fully saturated rings. The summed E-state index contributed by atoms with van der Waals surface area (Å²) in [5.41, 5.74) is 3.91. The maximum Gasteiger partial charge on any atom is 0.254 e. The van der Waals surface area contributed by atoms with Crippen LogP contribution in [0.3, 0.4) is 0 Å². The van der Waals surface area contributed by atoms with Crippen LogP contribution in [0.5, 0.6) is 5.75 Å². The summed E-state index contributed by atoms with van der Waals surface area (Å²) < 4.78 is 23.0. The van der Waals surface area contributed by atoms with Crippen LogP contribution in [-0.2, 0) is 27.8 Å². The number of allylic oxidation sites excluding steroid dienone is 2. The van der Waals surface area contributed by atoms with E-state index in [1.165, 1.54) is 24.0 Å². The number of anilines is 1. The molecule has 5 nitrogen and oxygen atoms in total. The second-order valence-electron chi connectivity index (χ2n) is 10.8. The van der Waals surface area contributed by atoms with Crippen LogP contribution in [0.15, 0.2) is 52.9 Å². The minimum atomic E-state index is -1.55. The van der Waals surface area contributed by atoms with Crippen molar-refractivity contribution in [3.8, 4) is 5.75 Å². The Balaban J connectivity index is 1.58. The summed E-state index contributed by atoms with van der Waals surface area (Å²) >= 11 is 6.38. The van der Waals surface area contributed by atoms with E-state index >= 15 is 0 Å². The molecule has 198 valence electrons. The Morgan fingerprint density at radius 3 is 2.70 bits per heavy atom. The number of nitrogens with zero attached hydrogens (tertiary/aromatic N) is 2. The van der Waals surface area contributed by atoms with Crippen molar-refractivity contribution in [3.63, 3.8) is 0 Å². The van der Waals surface area contributed by atoms with Crippen LogP contribution in [0.1, 0.15) is 66.9 Å². The van der Waals surface area contributed by atoms with Gasteiger partial charge in [-0.15, -0.1) is 0 Å². The molecule has 0 unspecified atom stereocenters. The molecular weight excluding hydrogens is 504 g/mol. The van der Waals surface area contributed by atoms with Crippen molar-refractivity contribution in [2.24, 2.45) is 22.1 Å². The van der Waals surface area contributed by atoms with Crippen LogP contribution < -0.4 is 9.64 Å². The molecule has 0 aromatic heterocycles. The number of carbonyl (C=O) groups is 1. The van der Waals surface area contributed by atoms with E-state index in [9.17, 15) is 9.00 Å². The highest BCUT2D eigenvalue weighted by Gasteiger charge is 2.32. The zero-order valence-electron chi connectivity index (χ0n) is 21.5. The summed E-state index contributed by atoms with van der Waals surface area (Å²) in [5.74, 6) is 2.20. The van der Waals surface area contributed by atoms with Crippen molar-refractivity contribution in [1.29, 1.82) is 0 Å². The molecule has 0 N–H and O–H groups in total. The molecule has 7 heteroatoms. The summed E-state index contributed by atoms with van der Waals surface area (Å²) in [7, 11) is -1.55. The Hall–Kier alpha value is -2.31. The SMILES string of the molecule is C[C@H]1C/C=C/C[C@@H]2CC[C@H]2CN2Cc3ccc(Cl)cc3CCCCOc3ccc(cc32)C(=O)N=[S-](=O)C1. The molecule has 3 aliphatic rings. The van der Waals surface area contributed by atoms with Crippen LogP contribution in [0.2, 0.25) is 5.02 Å². The van der Waals surface area contributed by atoms with E-state index < -0.39 is 16.5 Å². The number of carbonyl (C=O) groups excluding carboxylic acids is 1. The van der Waals surface area contributed by atoms with Gasteiger partial charge in [-0.25, -0.2) is 0 Å². The predicted molar refractivity (Wildman–Crippen MR) is 151 cm³/mol. The average molecular weight is 540 g/mol. The zero-order valence-corrected chi connectivity index (χ0v) is 23.1. The molecule has 37 heavy (non-hydrogen) atoms. The third-order valence-corrected chi connectivity index (χ3v) is 9.42. The second-order valence-corrected chi connectivity index (χ2v) is 12.4. The Morgan fingerprint density at radius 2 is 1.86 bits per heavy atom. The molecular formula is C30H36ClN2O3S-. The van der Waals surface area contributed by atoms with Gasteiger partial charge in [-0.2, -0.15) is 10.6 Å². The highest BCUT2D eigenvalue weighted by atomic mass is 35.5. The Labute approximate surface area is 227 Å². The number of hydrogen-bond acceptors (Lipinski definition) is 5. The monoisotopic (exact) mass is 539 g/mol. The van der Waals surface area contributed by atoms with Gasteiger partial charge in [-0.05, 0) is 98.2 Å². The molecule has 5 rings (SSSR count). The maximum atomic E-state index is 13.1. The third kappa shape index (κ3) is 6.58. The molecule has 0 spiro atoms. The standard InChI is InChI=1S/C30H36ClN2O3S/c1-21-6-2-3-7-22-9-10-25(22)18-33-19-26-11-13-27(31)16-23(26)8-4-5-15-36-29-14-12-24(17-28(29)33)30(34)32-37(35)20-21/h2-3,11-14,16-17,21-22,25H,4-10,15,18-20H2,1H3/q-1/b3-2+/t21-,22+,25-/m0/s1. The van der Waals surface area contributed by atoms with Gasteiger partial charge in [0.1, 0.15) is 5.75 Å². The van der Waals surface area contributed by atoms with E-state index in [1.54, 1.807) is 6.07 Å². The van der Waals surface area contributed by atoms with Crippen molar-refractivity contribution >= 4 is 33.8 Å². The van der Waals surface area contributed by atoms with Gasteiger partial charge >= 0.3 is 0 Å². The molecule has 3 atom stereocenters. The normalized spacial score (nSPS) is 26.4. The lowest BCUT2D eigenvalue weighted by molar-refractivity contribution is 0.100. The van der Waals surface area contributed by atoms with Crippen molar-refractivity contribution in [2.45, 2.75) is 58.4 Å². The van der Waals surface area contributed by atoms with E-state index in [0.29, 0.717) is 29.8 Å². The van der Waals surface area contributed by atoms with Gasteiger partial charge in [-0.3, -0.25) is 4.79 Å². The minimum Gasteiger partial charge on any atom is -0.491 e. The summed E-state index contributed by atoms with van der Waals surface area (Å²) in [5, 5.41) is 0.765. The van der Waals surface area contributed by atoms with Crippen molar-refractivity contribution in [2.75, 3.05) is 23.8 Å². The number of ether oxygens (including phenoxy) is 1. The Kier molecular flexibility index (Phi) is 8.56. The van der Waals surface area contributed by atoms with Crippen molar-refractivity contribution < 1.29 is 13.7 Å². The van der Waals surface area contributed by atoms with Gasteiger partial charge in [-0.1, -0.05) is 48.4 Å². The largest absolute Gasteiger partial charge is 0.491 e. The van der Waals surface area contributed by atoms with E-state index in [1.807, 2.05) is 18.2 Å². The maximum absolute atomic E-state index is 13.1. The number of rotatable bonds is 0. The summed E-state index contributed by atoms with van der Waals surface area (Å²) in [6.45, 7) is 4.30. The Bertz CT molecular complexity index is 1250. The molecule has 2 bridgehead atoms. The second kappa shape index (κ2) is 12.0. The fourth-order valence-electron chi connectivity index (χ4n) is 5.62. The molecule has 0 radical (unpaired) electrons. The van der Waals surface area contributed by atoms with E-state index in [-0.39, 0.29) is 5.92 Å². The molecule has 1 aliphatic carbocycles. The number of fused-ring (bicyclic) bond motifs is 3. The average Bonchev–Trinajstić information content (AvgIpc) is 2.88. The minimum absolute atomic E-state index is 0.212. The lowest BCUT2D eigenvalue weighted by Gasteiger charge is -2.41. The fourth-order valence-corrected chi connectivity index (χ4v) is 6.80. The number of aryl methyl sites for hydroxylation is 1. The first-order valence-corrected chi connectivity index (χ1v) is 15.2. The molecule has 2 aromatic carbocycles. The molecule has 1 saturated carbocycles. The van der Waals surface area contributed by atoms with Gasteiger partial charge in [0.05, 0.1) is 12.3 Å².